The predicted molar refractivity (Wildman–Crippen MR) is 164 cm³/mol. The van der Waals surface area contributed by atoms with Crippen LogP contribution in [0.2, 0.25) is 0 Å². The zero-order valence-electron chi connectivity index (χ0n) is 23.6. The molecule has 1 atom stereocenters. The number of anilines is 1. The maximum Gasteiger partial charge on any atom is 0.255 e. The summed E-state index contributed by atoms with van der Waals surface area (Å²) in [7, 11) is 0.0930. The number of hydrogen-bond acceptors (Lipinski definition) is 4. The first-order valence-electron chi connectivity index (χ1n) is 13.2. The number of nitrogens with one attached hydrogen (secondary N) is 3. The third kappa shape index (κ3) is 5.80. The van der Waals surface area contributed by atoms with Gasteiger partial charge in [-0.05, 0) is 67.4 Å². The fourth-order valence-electron chi connectivity index (χ4n) is 4.84. The van der Waals surface area contributed by atoms with Gasteiger partial charge in [-0.2, -0.15) is 5.10 Å². The molecule has 10 heteroatoms. The van der Waals surface area contributed by atoms with Crippen molar-refractivity contribution in [1.29, 1.82) is 0 Å². The van der Waals surface area contributed by atoms with E-state index in [1.807, 2.05) is 50.2 Å². The van der Waals surface area contributed by atoms with Gasteiger partial charge in [0.2, 0.25) is 0 Å². The second-order valence-corrected chi connectivity index (χ2v) is 11.4. The number of benzene rings is 3. The van der Waals surface area contributed by atoms with Crippen molar-refractivity contribution >= 4 is 34.0 Å². The minimum Gasteiger partial charge on any atom is -0.355 e. The van der Waals surface area contributed by atoms with E-state index < -0.39 is 22.3 Å². The average molecular weight is 584 g/mol. The van der Waals surface area contributed by atoms with Crippen molar-refractivity contribution in [3.8, 4) is 22.4 Å². The van der Waals surface area contributed by atoms with Crippen molar-refractivity contribution in [2.75, 3.05) is 18.0 Å². The van der Waals surface area contributed by atoms with E-state index in [4.69, 9.17) is 0 Å². The SMILES string of the molecule is CNC(=O)c1c(-c2ccc(F)cc2)nn2cc(NS(C)=O)c(-c3cccc(C(=O)NC(C)(C)c4ccccc4)c3)cc12. The summed E-state index contributed by atoms with van der Waals surface area (Å²) in [6, 6.07) is 24.3. The fourth-order valence-corrected chi connectivity index (χ4v) is 5.31. The van der Waals surface area contributed by atoms with Crippen LogP contribution in [-0.4, -0.2) is 38.9 Å². The highest BCUT2D eigenvalue weighted by molar-refractivity contribution is 7.85. The first-order chi connectivity index (χ1) is 20.1. The van der Waals surface area contributed by atoms with Gasteiger partial charge in [-0.25, -0.2) is 13.1 Å². The number of rotatable bonds is 8. The smallest absolute Gasteiger partial charge is 0.255 e. The molecule has 0 saturated carbocycles. The van der Waals surface area contributed by atoms with Gasteiger partial charge in [0.25, 0.3) is 11.8 Å². The molecular formula is C32H30FN5O3S. The van der Waals surface area contributed by atoms with Crippen LogP contribution in [0.4, 0.5) is 10.1 Å². The average Bonchev–Trinajstić information content (AvgIpc) is 3.35. The van der Waals surface area contributed by atoms with Gasteiger partial charge in [0.15, 0.2) is 0 Å². The topological polar surface area (TPSA) is 105 Å². The van der Waals surface area contributed by atoms with Crippen molar-refractivity contribution in [3.05, 3.63) is 114 Å². The lowest BCUT2D eigenvalue weighted by Gasteiger charge is -2.27. The molecule has 214 valence electrons. The molecule has 1 unspecified atom stereocenters. The van der Waals surface area contributed by atoms with Gasteiger partial charge >= 0.3 is 0 Å². The van der Waals surface area contributed by atoms with Crippen molar-refractivity contribution in [3.63, 3.8) is 0 Å². The summed E-state index contributed by atoms with van der Waals surface area (Å²) in [5.74, 6) is -1.03. The highest BCUT2D eigenvalue weighted by atomic mass is 32.2. The minimum absolute atomic E-state index is 0.255. The van der Waals surface area contributed by atoms with Gasteiger partial charge in [-0.3, -0.25) is 9.59 Å². The maximum absolute atomic E-state index is 13.6. The Labute approximate surface area is 245 Å². The molecule has 8 nitrogen and oxygen atoms in total. The van der Waals surface area contributed by atoms with E-state index in [0.29, 0.717) is 44.7 Å². The van der Waals surface area contributed by atoms with Crippen molar-refractivity contribution in [2.45, 2.75) is 19.4 Å². The maximum atomic E-state index is 13.6. The van der Waals surface area contributed by atoms with Gasteiger partial charge in [0.05, 0.1) is 28.5 Å². The summed E-state index contributed by atoms with van der Waals surface area (Å²) < 4.78 is 30.4. The van der Waals surface area contributed by atoms with Gasteiger partial charge in [0, 0.05) is 30.0 Å². The number of aromatic nitrogens is 2. The molecule has 0 fully saturated rings. The van der Waals surface area contributed by atoms with Gasteiger partial charge in [-0.15, -0.1) is 0 Å². The third-order valence-corrected chi connectivity index (χ3v) is 7.46. The van der Waals surface area contributed by atoms with E-state index in [0.717, 1.165) is 5.56 Å². The molecule has 3 aromatic carbocycles. The van der Waals surface area contributed by atoms with E-state index in [9.17, 15) is 18.2 Å². The van der Waals surface area contributed by atoms with Gasteiger partial charge in [0.1, 0.15) is 22.5 Å². The normalized spacial score (nSPS) is 12.1. The number of amides is 2. The molecular weight excluding hydrogens is 553 g/mol. The summed E-state index contributed by atoms with van der Waals surface area (Å²) in [6.45, 7) is 3.88. The Morgan fingerprint density at radius 3 is 2.29 bits per heavy atom. The third-order valence-electron chi connectivity index (χ3n) is 6.95. The monoisotopic (exact) mass is 583 g/mol. The molecule has 0 saturated heterocycles. The van der Waals surface area contributed by atoms with Crippen LogP contribution < -0.4 is 15.4 Å². The number of carbonyl (C=O) groups excluding carboxylic acids is 2. The van der Waals surface area contributed by atoms with Crippen LogP contribution >= 0.6 is 0 Å². The van der Waals surface area contributed by atoms with E-state index in [2.05, 4.69) is 20.5 Å². The quantitative estimate of drug-likeness (QED) is 0.223. The van der Waals surface area contributed by atoms with Crippen LogP contribution in [0.1, 0.15) is 40.1 Å². The van der Waals surface area contributed by atoms with Crippen LogP contribution in [0, 0.1) is 5.82 Å². The van der Waals surface area contributed by atoms with Gasteiger partial charge < -0.3 is 15.4 Å². The first-order valence-corrected chi connectivity index (χ1v) is 14.8. The summed E-state index contributed by atoms with van der Waals surface area (Å²) in [6.07, 6.45) is 3.16. The number of fused-ring (bicyclic) bond motifs is 1. The summed E-state index contributed by atoms with van der Waals surface area (Å²) >= 11 is 0. The van der Waals surface area contributed by atoms with Crippen LogP contribution in [0.3, 0.4) is 0 Å². The van der Waals surface area contributed by atoms with E-state index in [1.54, 1.807) is 42.6 Å². The summed E-state index contributed by atoms with van der Waals surface area (Å²) in [5, 5.41) is 10.4. The lowest BCUT2D eigenvalue weighted by atomic mass is 9.93. The molecule has 0 aliphatic rings. The molecule has 0 spiro atoms. The Hall–Kier alpha value is -4.83. The second kappa shape index (κ2) is 11.6. The highest BCUT2D eigenvalue weighted by Gasteiger charge is 2.25. The molecule has 3 N–H and O–H groups in total. The number of carbonyl (C=O) groups is 2. The largest absolute Gasteiger partial charge is 0.355 e. The number of pyridine rings is 1. The Kier molecular flexibility index (Phi) is 7.91. The van der Waals surface area contributed by atoms with E-state index >= 15 is 0 Å². The Bertz CT molecular complexity index is 1820. The number of hydrogen-bond donors (Lipinski definition) is 3. The Morgan fingerprint density at radius 2 is 1.62 bits per heavy atom. The lowest BCUT2D eigenvalue weighted by molar-refractivity contribution is 0.0910. The molecule has 0 radical (unpaired) electrons. The Balaban J connectivity index is 1.62. The fraction of sp³-hybridized carbons (Fsp3) is 0.156. The van der Waals surface area contributed by atoms with Crippen molar-refractivity contribution < 1.29 is 18.2 Å². The second-order valence-electron chi connectivity index (χ2n) is 10.3. The van der Waals surface area contributed by atoms with Crippen molar-refractivity contribution in [2.24, 2.45) is 0 Å². The van der Waals surface area contributed by atoms with E-state index in [-0.39, 0.29) is 11.8 Å². The number of halogens is 1. The molecule has 2 aromatic heterocycles. The molecule has 5 rings (SSSR count). The summed E-state index contributed by atoms with van der Waals surface area (Å²) in [5.41, 5.74) is 4.28. The standard InChI is InChI=1S/C32H30FN5O3S/c1-32(2,23-11-6-5-7-12-23)35-30(39)22-10-8-9-21(17-22)25-18-27-28(31(40)34-3)29(20-13-15-24(33)16-14-20)36-38(27)19-26(25)37-42(4)41/h5-19,37H,1-4H3,(H,34,40)(H,35,39). The minimum atomic E-state index is -1.43. The van der Waals surface area contributed by atoms with Crippen molar-refractivity contribution in [1.82, 2.24) is 20.2 Å². The highest BCUT2D eigenvalue weighted by Crippen LogP contribution is 2.35. The molecule has 2 amide bonds. The molecule has 0 aliphatic heterocycles. The van der Waals surface area contributed by atoms with Crippen LogP contribution in [-0.2, 0) is 16.5 Å². The number of nitrogens with zero attached hydrogens (tertiary/aromatic N) is 2. The van der Waals surface area contributed by atoms with Gasteiger partial charge in [-0.1, -0.05) is 42.5 Å². The first kappa shape index (κ1) is 28.7. The molecule has 0 aliphatic carbocycles. The molecule has 5 aromatic rings. The van der Waals surface area contributed by atoms with Crippen LogP contribution in [0.5, 0.6) is 0 Å². The zero-order valence-corrected chi connectivity index (χ0v) is 24.4. The summed E-state index contributed by atoms with van der Waals surface area (Å²) in [4.78, 5) is 26.5. The molecule has 42 heavy (non-hydrogen) atoms. The van der Waals surface area contributed by atoms with Crippen LogP contribution in [0.15, 0.2) is 91.1 Å². The van der Waals surface area contributed by atoms with Crippen LogP contribution in [0.25, 0.3) is 27.9 Å². The van der Waals surface area contributed by atoms with E-state index in [1.165, 1.54) is 30.0 Å². The zero-order chi connectivity index (χ0) is 30.0. The molecule has 2 heterocycles. The molecule has 0 bridgehead atoms. The predicted octanol–water partition coefficient (Wildman–Crippen LogP) is 5.54. The lowest BCUT2D eigenvalue weighted by Crippen LogP contribution is -2.40. The Morgan fingerprint density at radius 1 is 0.905 bits per heavy atom.